The van der Waals surface area contributed by atoms with Gasteiger partial charge in [-0.25, -0.2) is 8.42 Å². The lowest BCUT2D eigenvalue weighted by Gasteiger charge is -2.17. The van der Waals surface area contributed by atoms with Crippen LogP contribution in [-0.2, 0) is 16.6 Å². The molecular formula is C25H26N2O5S. The van der Waals surface area contributed by atoms with Gasteiger partial charge in [0.2, 0.25) is 10.0 Å². The van der Waals surface area contributed by atoms with Gasteiger partial charge in [-0.2, -0.15) is 4.31 Å². The first-order valence-corrected chi connectivity index (χ1v) is 12.2. The fraction of sp³-hybridized carbons (Fsp3) is 0.240. The molecule has 1 saturated heterocycles. The molecule has 1 amide bonds. The number of nitrogens with one attached hydrogen (secondary N) is 1. The van der Waals surface area contributed by atoms with Gasteiger partial charge in [0.15, 0.2) is 0 Å². The van der Waals surface area contributed by atoms with Crippen LogP contribution in [0.5, 0.6) is 11.5 Å². The van der Waals surface area contributed by atoms with Crippen LogP contribution < -0.4 is 14.8 Å². The van der Waals surface area contributed by atoms with Crippen LogP contribution in [0.25, 0.3) is 0 Å². The Hall–Kier alpha value is -3.36. The van der Waals surface area contributed by atoms with Crippen molar-refractivity contribution in [1.82, 2.24) is 4.31 Å². The van der Waals surface area contributed by atoms with Gasteiger partial charge in [-0.1, -0.05) is 30.3 Å². The number of hydrogen-bond acceptors (Lipinski definition) is 5. The van der Waals surface area contributed by atoms with Crippen LogP contribution >= 0.6 is 0 Å². The van der Waals surface area contributed by atoms with Crippen LogP contribution in [0.4, 0.5) is 5.69 Å². The fourth-order valence-electron chi connectivity index (χ4n) is 3.68. The molecule has 3 aromatic carbocycles. The Labute approximate surface area is 194 Å². The standard InChI is InChI=1S/C25H26N2O5S/c1-31-24-14-13-22(33(29,30)27-15-5-6-16-27)17-23(24)25(28)26-20-9-11-21(12-10-20)32-18-19-7-3-2-4-8-19/h2-4,7-14,17H,5-6,15-16,18H2,1H3,(H,26,28). The summed E-state index contributed by atoms with van der Waals surface area (Å²) in [6.07, 6.45) is 1.68. The zero-order chi connectivity index (χ0) is 23.3. The summed E-state index contributed by atoms with van der Waals surface area (Å²) in [6.45, 7) is 1.44. The first-order valence-electron chi connectivity index (χ1n) is 10.7. The van der Waals surface area contributed by atoms with Gasteiger partial charge in [-0.15, -0.1) is 0 Å². The third kappa shape index (κ3) is 5.35. The van der Waals surface area contributed by atoms with E-state index < -0.39 is 15.9 Å². The molecule has 0 atom stereocenters. The Kier molecular flexibility index (Phi) is 6.96. The highest BCUT2D eigenvalue weighted by molar-refractivity contribution is 7.89. The van der Waals surface area contributed by atoms with Gasteiger partial charge in [0.05, 0.1) is 17.6 Å². The molecule has 8 heteroatoms. The molecule has 7 nitrogen and oxygen atoms in total. The number of anilines is 1. The first kappa shape index (κ1) is 22.8. The smallest absolute Gasteiger partial charge is 0.259 e. The lowest BCUT2D eigenvalue weighted by molar-refractivity contribution is 0.102. The van der Waals surface area contributed by atoms with E-state index in [2.05, 4.69) is 5.32 Å². The Balaban J connectivity index is 1.47. The fourth-order valence-corrected chi connectivity index (χ4v) is 5.22. The van der Waals surface area contributed by atoms with Crippen molar-refractivity contribution in [2.24, 2.45) is 0 Å². The SMILES string of the molecule is COc1ccc(S(=O)(=O)N2CCCC2)cc1C(=O)Nc1ccc(OCc2ccccc2)cc1. The van der Waals surface area contributed by atoms with Gasteiger partial charge < -0.3 is 14.8 Å². The molecule has 172 valence electrons. The van der Waals surface area contributed by atoms with Crippen molar-refractivity contribution in [3.05, 3.63) is 83.9 Å². The molecule has 0 saturated carbocycles. The van der Waals surface area contributed by atoms with Crippen LogP contribution in [0.1, 0.15) is 28.8 Å². The topological polar surface area (TPSA) is 84.9 Å². The molecule has 3 aromatic rings. The van der Waals surface area contributed by atoms with Crippen molar-refractivity contribution in [3.8, 4) is 11.5 Å². The van der Waals surface area contributed by atoms with E-state index in [1.807, 2.05) is 30.3 Å². The van der Waals surface area contributed by atoms with Gasteiger partial charge >= 0.3 is 0 Å². The number of ether oxygens (including phenoxy) is 2. The third-order valence-electron chi connectivity index (χ3n) is 5.48. The van der Waals surface area contributed by atoms with E-state index >= 15 is 0 Å². The number of hydrogen-bond donors (Lipinski definition) is 1. The maximum absolute atomic E-state index is 13.0. The second kappa shape index (κ2) is 10.1. The molecule has 1 N–H and O–H groups in total. The second-order valence-corrected chi connectivity index (χ2v) is 9.66. The number of nitrogens with zero attached hydrogens (tertiary/aromatic N) is 1. The average Bonchev–Trinajstić information content (AvgIpc) is 3.40. The molecular weight excluding hydrogens is 440 g/mol. The van der Waals surface area contributed by atoms with Gasteiger partial charge in [0.1, 0.15) is 18.1 Å². The van der Waals surface area contributed by atoms with E-state index in [0.29, 0.717) is 36.9 Å². The summed E-state index contributed by atoms with van der Waals surface area (Å²) in [7, 11) is -2.20. The summed E-state index contributed by atoms with van der Waals surface area (Å²) in [5, 5.41) is 2.80. The van der Waals surface area contributed by atoms with Crippen LogP contribution in [-0.4, -0.2) is 38.8 Å². The number of carbonyl (C=O) groups is 1. The molecule has 0 radical (unpaired) electrons. The van der Waals surface area contributed by atoms with E-state index in [0.717, 1.165) is 18.4 Å². The molecule has 0 bridgehead atoms. The number of amides is 1. The van der Waals surface area contributed by atoms with E-state index in [1.165, 1.54) is 29.6 Å². The van der Waals surface area contributed by atoms with E-state index in [4.69, 9.17) is 9.47 Å². The summed E-state index contributed by atoms with van der Waals surface area (Å²) in [6, 6.07) is 21.2. The third-order valence-corrected chi connectivity index (χ3v) is 7.37. The highest BCUT2D eigenvalue weighted by Gasteiger charge is 2.28. The van der Waals surface area contributed by atoms with Crippen LogP contribution in [0.3, 0.4) is 0 Å². The molecule has 33 heavy (non-hydrogen) atoms. The molecule has 1 heterocycles. The van der Waals surface area contributed by atoms with Gasteiger partial charge in [0.25, 0.3) is 5.91 Å². The van der Waals surface area contributed by atoms with Crippen molar-refractivity contribution in [1.29, 1.82) is 0 Å². The van der Waals surface area contributed by atoms with E-state index in [-0.39, 0.29) is 10.5 Å². The molecule has 1 aliphatic heterocycles. The predicted molar refractivity (Wildman–Crippen MR) is 126 cm³/mol. The minimum absolute atomic E-state index is 0.0833. The van der Waals surface area contributed by atoms with Crippen LogP contribution in [0, 0.1) is 0 Å². The maximum Gasteiger partial charge on any atom is 0.259 e. The summed E-state index contributed by atoms with van der Waals surface area (Å²) in [4.78, 5) is 13.0. The Bertz CT molecular complexity index is 1210. The monoisotopic (exact) mass is 466 g/mol. The number of benzene rings is 3. The van der Waals surface area contributed by atoms with Crippen LogP contribution in [0.15, 0.2) is 77.7 Å². The Morgan fingerprint density at radius 3 is 2.33 bits per heavy atom. The summed E-state index contributed by atoms with van der Waals surface area (Å²) < 4.78 is 38.3. The van der Waals surface area contributed by atoms with Gasteiger partial charge in [-0.3, -0.25) is 4.79 Å². The predicted octanol–water partition coefficient (Wildman–Crippen LogP) is 4.31. The molecule has 0 unspecified atom stereocenters. The van der Waals surface area contributed by atoms with Crippen LogP contribution in [0.2, 0.25) is 0 Å². The zero-order valence-electron chi connectivity index (χ0n) is 18.4. The number of carbonyl (C=O) groups excluding carboxylic acids is 1. The largest absolute Gasteiger partial charge is 0.496 e. The minimum Gasteiger partial charge on any atom is -0.496 e. The molecule has 0 aromatic heterocycles. The number of rotatable bonds is 8. The lowest BCUT2D eigenvalue weighted by Crippen LogP contribution is -2.28. The van der Waals surface area contributed by atoms with Gasteiger partial charge in [-0.05, 0) is 60.9 Å². The van der Waals surface area contributed by atoms with Crippen molar-refractivity contribution >= 4 is 21.6 Å². The highest BCUT2D eigenvalue weighted by atomic mass is 32.2. The van der Waals surface area contributed by atoms with E-state index in [1.54, 1.807) is 24.3 Å². The quantitative estimate of drug-likeness (QED) is 0.535. The molecule has 0 aliphatic carbocycles. The Morgan fingerprint density at radius 2 is 1.67 bits per heavy atom. The van der Waals surface area contributed by atoms with Crippen molar-refractivity contribution in [2.75, 3.05) is 25.5 Å². The van der Waals surface area contributed by atoms with Crippen molar-refractivity contribution in [3.63, 3.8) is 0 Å². The highest BCUT2D eigenvalue weighted by Crippen LogP contribution is 2.27. The summed E-state index contributed by atoms with van der Waals surface area (Å²) in [5.41, 5.74) is 1.77. The zero-order valence-corrected chi connectivity index (χ0v) is 19.2. The van der Waals surface area contributed by atoms with Gasteiger partial charge in [0, 0.05) is 18.8 Å². The maximum atomic E-state index is 13.0. The summed E-state index contributed by atoms with van der Waals surface area (Å²) >= 11 is 0. The van der Waals surface area contributed by atoms with Crippen molar-refractivity contribution in [2.45, 2.75) is 24.3 Å². The number of sulfonamides is 1. The average molecular weight is 467 g/mol. The summed E-state index contributed by atoms with van der Waals surface area (Å²) in [5.74, 6) is 0.520. The molecule has 0 spiro atoms. The first-order chi connectivity index (χ1) is 16.0. The lowest BCUT2D eigenvalue weighted by atomic mass is 10.2. The molecule has 1 fully saturated rings. The minimum atomic E-state index is -3.65. The van der Waals surface area contributed by atoms with E-state index in [9.17, 15) is 13.2 Å². The molecule has 4 rings (SSSR count). The second-order valence-electron chi connectivity index (χ2n) is 7.73. The Morgan fingerprint density at radius 1 is 0.970 bits per heavy atom. The molecule has 1 aliphatic rings. The normalized spacial score (nSPS) is 14.1. The van der Waals surface area contributed by atoms with Crippen molar-refractivity contribution < 1.29 is 22.7 Å². The number of methoxy groups -OCH3 is 1.